The van der Waals surface area contributed by atoms with E-state index in [0.717, 1.165) is 0 Å². The zero-order valence-electron chi connectivity index (χ0n) is 10.1. The van der Waals surface area contributed by atoms with Gasteiger partial charge in [-0.2, -0.15) is 0 Å². The molecule has 18 heavy (non-hydrogen) atoms. The average Bonchev–Trinajstić information content (AvgIpc) is 2.69. The summed E-state index contributed by atoms with van der Waals surface area (Å²) >= 11 is 6.00. The van der Waals surface area contributed by atoms with Crippen molar-refractivity contribution >= 4 is 27.1 Å². The highest BCUT2D eigenvalue weighted by molar-refractivity contribution is 7.91. The second kappa shape index (κ2) is 5.07. The van der Waals surface area contributed by atoms with Crippen molar-refractivity contribution in [3.8, 4) is 0 Å². The van der Waals surface area contributed by atoms with Crippen LogP contribution in [0.1, 0.15) is 18.9 Å². The average molecular weight is 290 g/mol. The first kappa shape index (κ1) is 13.6. The molecule has 1 aromatic carbocycles. The molecular formula is C12H16ClNO3S. The number of nitrogen functional groups attached to an aromatic ring is 1. The summed E-state index contributed by atoms with van der Waals surface area (Å²) in [6.07, 6.45) is 0.304. The van der Waals surface area contributed by atoms with Gasteiger partial charge < -0.3 is 10.5 Å². The summed E-state index contributed by atoms with van der Waals surface area (Å²) in [5.41, 5.74) is 6.70. The monoisotopic (exact) mass is 289 g/mol. The summed E-state index contributed by atoms with van der Waals surface area (Å²) in [5, 5.41) is -0.0451. The molecule has 2 unspecified atom stereocenters. The number of anilines is 1. The van der Waals surface area contributed by atoms with Crippen molar-refractivity contribution < 1.29 is 13.2 Å². The van der Waals surface area contributed by atoms with Gasteiger partial charge in [0.05, 0.1) is 17.1 Å². The minimum atomic E-state index is -3.25. The van der Waals surface area contributed by atoms with E-state index in [1.54, 1.807) is 25.1 Å². The number of rotatable bonds is 3. The maximum Gasteiger partial charge on any atom is 0.159 e. The fourth-order valence-electron chi connectivity index (χ4n) is 2.19. The quantitative estimate of drug-likeness (QED) is 0.864. The van der Waals surface area contributed by atoms with E-state index in [2.05, 4.69) is 0 Å². The Morgan fingerprint density at radius 1 is 1.50 bits per heavy atom. The molecule has 1 saturated heterocycles. The lowest BCUT2D eigenvalue weighted by Gasteiger charge is -2.15. The maximum absolute atomic E-state index is 12.3. The number of hydrogen-bond acceptors (Lipinski definition) is 4. The number of sulfone groups is 1. The Bertz CT molecular complexity index is 544. The van der Waals surface area contributed by atoms with Crippen LogP contribution in [0.4, 0.5) is 5.69 Å². The van der Waals surface area contributed by atoms with Crippen LogP contribution in [0.3, 0.4) is 0 Å². The van der Waals surface area contributed by atoms with Crippen LogP contribution in [0.15, 0.2) is 18.2 Å². The van der Waals surface area contributed by atoms with Gasteiger partial charge in [0.15, 0.2) is 9.84 Å². The third-order valence-corrected chi connectivity index (χ3v) is 5.81. The number of halogens is 1. The minimum absolute atomic E-state index is 0.0650. The maximum atomic E-state index is 12.3. The van der Waals surface area contributed by atoms with Crippen LogP contribution in [0.25, 0.3) is 0 Å². The molecule has 1 heterocycles. The van der Waals surface area contributed by atoms with Crippen molar-refractivity contribution in [2.24, 2.45) is 0 Å². The smallest absolute Gasteiger partial charge is 0.159 e. The van der Waals surface area contributed by atoms with E-state index in [9.17, 15) is 8.42 Å². The summed E-state index contributed by atoms with van der Waals surface area (Å²) in [6, 6.07) is 4.89. The predicted octanol–water partition coefficient (Wildman–Crippen LogP) is 2.01. The first-order valence-electron chi connectivity index (χ1n) is 5.77. The molecule has 0 aromatic heterocycles. The lowest BCUT2D eigenvalue weighted by molar-refractivity contribution is 0.126. The SMILES string of the molecule is CC1OCCC1S(=O)(=O)Cc1ccc(N)cc1Cl. The van der Waals surface area contributed by atoms with Gasteiger partial charge in [0.1, 0.15) is 0 Å². The summed E-state index contributed by atoms with van der Waals surface area (Å²) in [7, 11) is -3.25. The second-order valence-electron chi connectivity index (χ2n) is 4.56. The van der Waals surface area contributed by atoms with Gasteiger partial charge in [0, 0.05) is 17.3 Å². The van der Waals surface area contributed by atoms with E-state index < -0.39 is 15.1 Å². The van der Waals surface area contributed by atoms with E-state index in [1.165, 1.54) is 0 Å². The molecule has 1 aromatic rings. The van der Waals surface area contributed by atoms with Crippen LogP contribution in [0.2, 0.25) is 5.02 Å². The van der Waals surface area contributed by atoms with Gasteiger partial charge in [0.25, 0.3) is 0 Å². The van der Waals surface area contributed by atoms with E-state index >= 15 is 0 Å². The van der Waals surface area contributed by atoms with Crippen LogP contribution in [0.5, 0.6) is 0 Å². The number of nitrogens with two attached hydrogens (primary N) is 1. The largest absolute Gasteiger partial charge is 0.399 e. The molecule has 100 valence electrons. The highest BCUT2D eigenvalue weighted by Crippen LogP contribution is 2.27. The van der Waals surface area contributed by atoms with Crippen molar-refractivity contribution in [2.75, 3.05) is 12.3 Å². The Kier molecular flexibility index (Phi) is 3.84. The van der Waals surface area contributed by atoms with Crippen molar-refractivity contribution in [3.05, 3.63) is 28.8 Å². The first-order chi connectivity index (χ1) is 8.40. The first-order valence-corrected chi connectivity index (χ1v) is 7.86. The predicted molar refractivity (Wildman–Crippen MR) is 72.3 cm³/mol. The van der Waals surface area contributed by atoms with Crippen LogP contribution < -0.4 is 5.73 Å². The lowest BCUT2D eigenvalue weighted by atomic mass is 10.2. The number of hydrogen-bond donors (Lipinski definition) is 1. The second-order valence-corrected chi connectivity index (χ2v) is 7.19. The van der Waals surface area contributed by atoms with Gasteiger partial charge in [0.2, 0.25) is 0 Å². The third-order valence-electron chi connectivity index (χ3n) is 3.20. The topological polar surface area (TPSA) is 69.4 Å². The van der Waals surface area contributed by atoms with Gasteiger partial charge in [-0.15, -0.1) is 0 Å². The molecule has 1 aliphatic rings. The Morgan fingerprint density at radius 3 is 2.78 bits per heavy atom. The molecule has 2 N–H and O–H groups in total. The molecule has 1 aliphatic heterocycles. The fraction of sp³-hybridized carbons (Fsp3) is 0.500. The molecule has 1 fully saturated rings. The normalized spacial score (nSPS) is 24.3. The molecular weight excluding hydrogens is 274 g/mol. The molecule has 6 heteroatoms. The summed E-state index contributed by atoms with van der Waals surface area (Å²) < 4.78 is 29.9. The summed E-state index contributed by atoms with van der Waals surface area (Å²) in [4.78, 5) is 0. The standard InChI is InChI=1S/C12H16ClNO3S/c1-8-12(4-5-17-8)18(15,16)7-9-2-3-10(14)6-11(9)13/h2-3,6,8,12H,4-5,7,14H2,1H3. The van der Waals surface area contributed by atoms with Gasteiger partial charge in [-0.25, -0.2) is 8.42 Å². The van der Waals surface area contributed by atoms with Gasteiger partial charge >= 0.3 is 0 Å². The Morgan fingerprint density at radius 2 is 2.22 bits per heavy atom. The van der Waals surface area contributed by atoms with E-state index in [1.807, 2.05) is 0 Å². The molecule has 4 nitrogen and oxygen atoms in total. The summed E-state index contributed by atoms with van der Waals surface area (Å²) in [6.45, 7) is 2.29. The molecule has 0 radical (unpaired) electrons. The zero-order valence-corrected chi connectivity index (χ0v) is 11.7. The van der Waals surface area contributed by atoms with Crippen LogP contribution in [-0.4, -0.2) is 26.4 Å². The molecule has 0 saturated carbocycles. The van der Waals surface area contributed by atoms with Crippen molar-refractivity contribution in [2.45, 2.75) is 30.5 Å². The van der Waals surface area contributed by atoms with Crippen molar-refractivity contribution in [3.63, 3.8) is 0 Å². The number of benzene rings is 1. The van der Waals surface area contributed by atoms with E-state index in [-0.39, 0.29) is 11.9 Å². The van der Waals surface area contributed by atoms with Crippen molar-refractivity contribution in [1.82, 2.24) is 0 Å². The van der Waals surface area contributed by atoms with Crippen LogP contribution in [0, 0.1) is 0 Å². The molecule has 0 amide bonds. The lowest BCUT2D eigenvalue weighted by Crippen LogP contribution is -2.29. The van der Waals surface area contributed by atoms with Crippen LogP contribution in [-0.2, 0) is 20.3 Å². The highest BCUT2D eigenvalue weighted by Gasteiger charge is 2.35. The molecule has 2 rings (SSSR count). The fourth-order valence-corrected chi connectivity index (χ4v) is 4.54. The summed E-state index contributed by atoms with van der Waals surface area (Å²) in [5.74, 6) is -0.0650. The van der Waals surface area contributed by atoms with Gasteiger partial charge in [-0.05, 0) is 31.0 Å². The van der Waals surface area contributed by atoms with E-state index in [0.29, 0.717) is 29.3 Å². The van der Waals surface area contributed by atoms with E-state index in [4.69, 9.17) is 22.1 Å². The molecule has 0 aliphatic carbocycles. The zero-order chi connectivity index (χ0) is 13.3. The molecule has 2 atom stereocenters. The minimum Gasteiger partial charge on any atom is -0.399 e. The van der Waals surface area contributed by atoms with Crippen molar-refractivity contribution in [1.29, 1.82) is 0 Å². The van der Waals surface area contributed by atoms with Gasteiger partial charge in [-0.1, -0.05) is 17.7 Å². The molecule has 0 bridgehead atoms. The molecule has 0 spiro atoms. The van der Waals surface area contributed by atoms with Gasteiger partial charge in [-0.3, -0.25) is 0 Å². The Balaban J connectivity index is 2.22. The van der Waals surface area contributed by atoms with Crippen LogP contribution >= 0.6 is 11.6 Å². The Labute approximate surface area is 112 Å². The highest BCUT2D eigenvalue weighted by atomic mass is 35.5. The third kappa shape index (κ3) is 2.79. The Hall–Kier alpha value is -0.780. The number of ether oxygens (including phenoxy) is 1.